The number of phenolic OH excluding ortho intramolecular Hbond substituents is 1. The maximum Gasteiger partial charge on any atom is 0.126 e. The SMILES string of the molecule is Oc1cc(F)ccc1-c1ccc(-c2ccccc2)cc1. The Morgan fingerprint density at radius 2 is 1.25 bits per heavy atom. The van der Waals surface area contributed by atoms with Gasteiger partial charge in [-0.15, -0.1) is 0 Å². The molecule has 1 nitrogen and oxygen atoms in total. The molecule has 3 aromatic carbocycles. The summed E-state index contributed by atoms with van der Waals surface area (Å²) in [6.07, 6.45) is 0. The zero-order chi connectivity index (χ0) is 13.9. The molecule has 1 N–H and O–H groups in total. The Morgan fingerprint density at radius 1 is 0.650 bits per heavy atom. The second-order valence-electron chi connectivity index (χ2n) is 4.60. The van der Waals surface area contributed by atoms with Crippen molar-refractivity contribution in [2.24, 2.45) is 0 Å². The van der Waals surface area contributed by atoms with E-state index in [1.54, 1.807) is 6.07 Å². The fourth-order valence-electron chi connectivity index (χ4n) is 2.22. The van der Waals surface area contributed by atoms with Crippen LogP contribution in [-0.4, -0.2) is 5.11 Å². The van der Waals surface area contributed by atoms with Crippen LogP contribution in [0.4, 0.5) is 4.39 Å². The van der Waals surface area contributed by atoms with Crippen LogP contribution in [0.25, 0.3) is 22.3 Å². The number of rotatable bonds is 2. The van der Waals surface area contributed by atoms with E-state index in [1.807, 2.05) is 54.6 Å². The van der Waals surface area contributed by atoms with Gasteiger partial charge >= 0.3 is 0 Å². The Hall–Kier alpha value is -2.61. The largest absolute Gasteiger partial charge is 0.507 e. The van der Waals surface area contributed by atoms with Crippen molar-refractivity contribution in [3.63, 3.8) is 0 Å². The lowest BCUT2D eigenvalue weighted by Gasteiger charge is -2.07. The molecule has 3 aromatic rings. The molecule has 0 aliphatic rings. The average molecular weight is 264 g/mol. The van der Waals surface area contributed by atoms with Crippen molar-refractivity contribution in [1.29, 1.82) is 0 Å². The van der Waals surface area contributed by atoms with Crippen LogP contribution in [0, 0.1) is 5.82 Å². The van der Waals surface area contributed by atoms with Crippen molar-refractivity contribution in [2.45, 2.75) is 0 Å². The zero-order valence-electron chi connectivity index (χ0n) is 10.8. The minimum atomic E-state index is -0.438. The summed E-state index contributed by atoms with van der Waals surface area (Å²) >= 11 is 0. The molecule has 0 aliphatic carbocycles. The van der Waals surface area contributed by atoms with E-state index in [1.165, 1.54) is 6.07 Å². The second kappa shape index (κ2) is 5.17. The molecular formula is C18H13FO. The van der Waals surface area contributed by atoms with Gasteiger partial charge in [0.1, 0.15) is 11.6 Å². The van der Waals surface area contributed by atoms with Crippen LogP contribution in [0.2, 0.25) is 0 Å². The standard InChI is InChI=1S/C18H13FO/c19-16-10-11-17(18(20)12-16)15-8-6-14(7-9-15)13-4-2-1-3-5-13/h1-12,20H. The summed E-state index contributed by atoms with van der Waals surface area (Å²) in [6.45, 7) is 0. The van der Waals surface area contributed by atoms with Gasteiger partial charge in [0.15, 0.2) is 0 Å². The average Bonchev–Trinajstić information content (AvgIpc) is 2.48. The number of benzene rings is 3. The summed E-state index contributed by atoms with van der Waals surface area (Å²) in [5.41, 5.74) is 3.74. The smallest absolute Gasteiger partial charge is 0.126 e. The van der Waals surface area contributed by atoms with E-state index in [4.69, 9.17) is 0 Å². The van der Waals surface area contributed by atoms with Crippen molar-refractivity contribution in [2.75, 3.05) is 0 Å². The summed E-state index contributed by atoms with van der Waals surface area (Å²) < 4.78 is 13.0. The Kier molecular flexibility index (Phi) is 3.21. The Bertz CT molecular complexity index is 718. The molecule has 0 heterocycles. The molecule has 0 spiro atoms. The molecule has 0 aromatic heterocycles. The van der Waals surface area contributed by atoms with E-state index in [0.717, 1.165) is 22.8 Å². The molecule has 0 unspecified atom stereocenters. The molecule has 0 saturated heterocycles. The topological polar surface area (TPSA) is 20.2 Å². The van der Waals surface area contributed by atoms with Gasteiger partial charge < -0.3 is 5.11 Å². The van der Waals surface area contributed by atoms with E-state index in [0.29, 0.717) is 5.56 Å². The molecule has 0 atom stereocenters. The van der Waals surface area contributed by atoms with Gasteiger partial charge in [-0.2, -0.15) is 0 Å². The van der Waals surface area contributed by atoms with Gasteiger partial charge in [-0.3, -0.25) is 0 Å². The van der Waals surface area contributed by atoms with Crippen molar-refractivity contribution in [3.8, 4) is 28.0 Å². The fourth-order valence-corrected chi connectivity index (χ4v) is 2.22. The third-order valence-electron chi connectivity index (χ3n) is 3.26. The van der Waals surface area contributed by atoms with Crippen molar-refractivity contribution in [1.82, 2.24) is 0 Å². The van der Waals surface area contributed by atoms with Crippen LogP contribution in [0.15, 0.2) is 72.8 Å². The normalized spacial score (nSPS) is 10.4. The first-order valence-electron chi connectivity index (χ1n) is 6.38. The van der Waals surface area contributed by atoms with Crippen LogP contribution in [0.1, 0.15) is 0 Å². The lowest BCUT2D eigenvalue weighted by Crippen LogP contribution is -1.82. The molecule has 0 aliphatic heterocycles. The number of hydrogen-bond donors (Lipinski definition) is 1. The Morgan fingerprint density at radius 3 is 1.90 bits per heavy atom. The van der Waals surface area contributed by atoms with Gasteiger partial charge in [0.2, 0.25) is 0 Å². The fraction of sp³-hybridized carbons (Fsp3) is 0. The quantitative estimate of drug-likeness (QED) is 0.700. The van der Waals surface area contributed by atoms with Gasteiger partial charge in [0.05, 0.1) is 0 Å². The van der Waals surface area contributed by atoms with Gasteiger partial charge in [-0.05, 0) is 28.8 Å². The van der Waals surface area contributed by atoms with Gasteiger partial charge in [-0.1, -0.05) is 54.6 Å². The predicted molar refractivity (Wildman–Crippen MR) is 78.9 cm³/mol. The van der Waals surface area contributed by atoms with Gasteiger partial charge in [0.25, 0.3) is 0 Å². The maximum atomic E-state index is 13.0. The summed E-state index contributed by atoms with van der Waals surface area (Å²) in [6, 6.07) is 22.0. The molecule has 0 bridgehead atoms. The number of halogens is 1. The van der Waals surface area contributed by atoms with Gasteiger partial charge in [0, 0.05) is 11.6 Å². The van der Waals surface area contributed by atoms with Gasteiger partial charge in [-0.25, -0.2) is 4.39 Å². The molecule has 98 valence electrons. The number of hydrogen-bond acceptors (Lipinski definition) is 1. The monoisotopic (exact) mass is 264 g/mol. The van der Waals surface area contributed by atoms with E-state index < -0.39 is 5.82 Å². The summed E-state index contributed by atoms with van der Waals surface area (Å²) in [4.78, 5) is 0. The third kappa shape index (κ3) is 2.41. The first-order chi connectivity index (χ1) is 9.74. The molecule has 20 heavy (non-hydrogen) atoms. The van der Waals surface area contributed by atoms with E-state index in [-0.39, 0.29) is 5.75 Å². The lowest BCUT2D eigenvalue weighted by atomic mass is 10.00. The highest BCUT2D eigenvalue weighted by Crippen LogP contribution is 2.31. The summed E-state index contributed by atoms with van der Waals surface area (Å²) in [5, 5.41) is 9.79. The lowest BCUT2D eigenvalue weighted by molar-refractivity contribution is 0.471. The van der Waals surface area contributed by atoms with E-state index >= 15 is 0 Å². The van der Waals surface area contributed by atoms with Crippen molar-refractivity contribution < 1.29 is 9.50 Å². The first-order valence-corrected chi connectivity index (χ1v) is 6.38. The highest BCUT2D eigenvalue weighted by Gasteiger charge is 2.05. The minimum Gasteiger partial charge on any atom is -0.507 e. The summed E-state index contributed by atoms with van der Waals surface area (Å²) in [5.74, 6) is -0.482. The highest BCUT2D eigenvalue weighted by atomic mass is 19.1. The second-order valence-corrected chi connectivity index (χ2v) is 4.60. The van der Waals surface area contributed by atoms with Crippen LogP contribution < -0.4 is 0 Å². The summed E-state index contributed by atoms with van der Waals surface area (Å²) in [7, 11) is 0. The predicted octanol–water partition coefficient (Wildman–Crippen LogP) is 4.87. The van der Waals surface area contributed by atoms with E-state index in [2.05, 4.69) is 0 Å². The maximum absolute atomic E-state index is 13.0. The van der Waals surface area contributed by atoms with Crippen molar-refractivity contribution in [3.05, 3.63) is 78.6 Å². The first kappa shape index (κ1) is 12.4. The number of aromatic hydroxyl groups is 1. The number of phenols is 1. The minimum absolute atomic E-state index is 0.0440. The molecule has 0 saturated carbocycles. The molecule has 0 radical (unpaired) electrons. The van der Waals surface area contributed by atoms with Crippen LogP contribution >= 0.6 is 0 Å². The molecule has 3 rings (SSSR count). The van der Waals surface area contributed by atoms with Crippen LogP contribution in [-0.2, 0) is 0 Å². The Balaban J connectivity index is 1.97. The molecular weight excluding hydrogens is 251 g/mol. The van der Waals surface area contributed by atoms with E-state index in [9.17, 15) is 9.50 Å². The van der Waals surface area contributed by atoms with Crippen molar-refractivity contribution >= 4 is 0 Å². The zero-order valence-corrected chi connectivity index (χ0v) is 10.8. The molecule has 0 amide bonds. The van der Waals surface area contributed by atoms with Crippen LogP contribution in [0.5, 0.6) is 5.75 Å². The van der Waals surface area contributed by atoms with Crippen LogP contribution in [0.3, 0.4) is 0 Å². The molecule has 2 heteroatoms. The third-order valence-corrected chi connectivity index (χ3v) is 3.26. The Labute approximate surface area is 117 Å². The highest BCUT2D eigenvalue weighted by molar-refractivity contribution is 5.73. The molecule has 0 fully saturated rings.